The van der Waals surface area contributed by atoms with Crippen LogP contribution in [0.25, 0.3) is 10.9 Å². The summed E-state index contributed by atoms with van der Waals surface area (Å²) in [4.78, 5) is 16.9. The molecule has 114 valence electrons. The van der Waals surface area contributed by atoms with Crippen LogP contribution in [-0.4, -0.2) is 30.8 Å². The lowest BCUT2D eigenvalue weighted by molar-refractivity contribution is 0.0364. The number of aromatic nitrogens is 1. The van der Waals surface area contributed by atoms with Gasteiger partial charge in [-0.3, -0.25) is 9.63 Å². The molecule has 2 rings (SSSR count). The number of fused-ring (bicyclic) bond motifs is 1. The second kappa shape index (κ2) is 6.74. The second-order valence-electron chi connectivity index (χ2n) is 4.95. The van der Waals surface area contributed by atoms with E-state index in [-0.39, 0.29) is 5.91 Å². The van der Waals surface area contributed by atoms with Crippen molar-refractivity contribution in [2.75, 3.05) is 20.3 Å². The number of nitrogens with one attached hydrogen (secondary N) is 1. The van der Waals surface area contributed by atoms with Gasteiger partial charge >= 0.3 is 0 Å². The molecular formula is C16H22N2O3. The smallest absolute Gasteiger partial charge is 0.274 e. The van der Waals surface area contributed by atoms with Crippen LogP contribution in [0.1, 0.15) is 28.5 Å². The van der Waals surface area contributed by atoms with E-state index in [1.54, 1.807) is 7.11 Å². The molecule has 0 aliphatic rings. The molecule has 0 aliphatic carbocycles. The molecule has 1 aromatic carbocycles. The van der Waals surface area contributed by atoms with Gasteiger partial charge in [0.25, 0.3) is 5.91 Å². The van der Waals surface area contributed by atoms with Gasteiger partial charge in [0.1, 0.15) is 0 Å². The fourth-order valence-corrected chi connectivity index (χ4v) is 2.46. The summed E-state index contributed by atoms with van der Waals surface area (Å²) in [7, 11) is 1.70. The van der Waals surface area contributed by atoms with Crippen molar-refractivity contribution in [2.24, 2.45) is 0 Å². The van der Waals surface area contributed by atoms with E-state index < -0.39 is 0 Å². The van der Waals surface area contributed by atoms with E-state index >= 15 is 0 Å². The predicted molar refractivity (Wildman–Crippen MR) is 82.4 cm³/mol. The van der Waals surface area contributed by atoms with Crippen molar-refractivity contribution in [2.45, 2.75) is 27.3 Å². The molecule has 1 amide bonds. The Morgan fingerprint density at radius 2 is 2.10 bits per heavy atom. The molecule has 2 aromatic rings. The first-order valence-electron chi connectivity index (χ1n) is 7.10. The molecule has 0 spiro atoms. The van der Waals surface area contributed by atoms with Crippen LogP contribution >= 0.6 is 0 Å². The first-order chi connectivity index (χ1) is 10.1. The number of hydroxylamine groups is 1. The Kier molecular flexibility index (Phi) is 4.98. The molecule has 0 unspecified atom stereocenters. The summed E-state index contributed by atoms with van der Waals surface area (Å²) in [6.07, 6.45) is 0. The van der Waals surface area contributed by atoms with Gasteiger partial charge in [0.15, 0.2) is 0 Å². The third-order valence-electron chi connectivity index (χ3n) is 3.73. The van der Waals surface area contributed by atoms with E-state index in [1.165, 1.54) is 11.3 Å². The Bertz CT molecular complexity index is 646. The van der Waals surface area contributed by atoms with Crippen LogP contribution in [0.4, 0.5) is 0 Å². The summed E-state index contributed by atoms with van der Waals surface area (Å²) in [6, 6.07) is 5.71. The highest BCUT2D eigenvalue weighted by atomic mass is 16.6. The van der Waals surface area contributed by atoms with Gasteiger partial charge in [-0.1, -0.05) is 0 Å². The maximum atomic E-state index is 12.0. The number of carbonyl (C=O) groups is 1. The van der Waals surface area contributed by atoms with Crippen molar-refractivity contribution in [1.82, 2.24) is 10.0 Å². The largest absolute Gasteiger partial charge is 0.383 e. The van der Waals surface area contributed by atoms with Crippen molar-refractivity contribution in [1.29, 1.82) is 0 Å². The van der Waals surface area contributed by atoms with Crippen LogP contribution < -0.4 is 5.48 Å². The lowest BCUT2D eigenvalue weighted by Crippen LogP contribution is -2.23. The number of nitrogens with zero attached hydrogens (tertiary/aromatic N) is 1. The minimum absolute atomic E-state index is 0.222. The third kappa shape index (κ3) is 3.09. The molecular weight excluding hydrogens is 268 g/mol. The molecule has 0 aliphatic heterocycles. The van der Waals surface area contributed by atoms with E-state index in [0.717, 1.165) is 17.4 Å². The average molecular weight is 290 g/mol. The molecule has 5 nitrogen and oxygen atoms in total. The quantitative estimate of drug-likeness (QED) is 0.832. The van der Waals surface area contributed by atoms with Gasteiger partial charge in [-0.15, -0.1) is 0 Å². The summed E-state index contributed by atoms with van der Waals surface area (Å²) in [5.41, 5.74) is 6.53. The zero-order chi connectivity index (χ0) is 15.4. The van der Waals surface area contributed by atoms with Crippen molar-refractivity contribution in [3.05, 3.63) is 35.0 Å². The number of aryl methyl sites for hydroxylation is 1. The Labute approximate surface area is 124 Å². The van der Waals surface area contributed by atoms with Crippen LogP contribution in [0.15, 0.2) is 18.2 Å². The number of ether oxygens (including phenoxy) is 1. The van der Waals surface area contributed by atoms with Gasteiger partial charge in [-0.25, -0.2) is 5.48 Å². The van der Waals surface area contributed by atoms with Crippen LogP contribution in [-0.2, 0) is 16.1 Å². The van der Waals surface area contributed by atoms with Gasteiger partial charge in [-0.05, 0) is 44.5 Å². The number of rotatable bonds is 6. The molecule has 0 saturated heterocycles. The summed E-state index contributed by atoms with van der Waals surface area (Å²) in [5.74, 6) is -0.222. The Hall–Kier alpha value is -1.85. The predicted octanol–water partition coefficient (Wildman–Crippen LogP) is 2.59. The Morgan fingerprint density at radius 1 is 1.33 bits per heavy atom. The van der Waals surface area contributed by atoms with Crippen molar-refractivity contribution in [3.63, 3.8) is 0 Å². The molecule has 1 heterocycles. The van der Waals surface area contributed by atoms with Crippen LogP contribution in [0.2, 0.25) is 0 Å². The third-order valence-corrected chi connectivity index (χ3v) is 3.73. The number of carbonyl (C=O) groups excluding carboxylic acids is 1. The standard InChI is InChI=1S/C16H22N2O3/c1-5-21-17-16(19)13-6-7-15-14(10-13)11(2)12(3)18(15)8-9-20-4/h6-7,10H,5,8-9H2,1-4H3,(H,17,19). The van der Waals surface area contributed by atoms with Gasteiger partial charge in [0.2, 0.25) is 0 Å². The molecule has 0 atom stereocenters. The minimum Gasteiger partial charge on any atom is -0.383 e. The fourth-order valence-electron chi connectivity index (χ4n) is 2.46. The summed E-state index contributed by atoms with van der Waals surface area (Å²) < 4.78 is 7.38. The first-order valence-corrected chi connectivity index (χ1v) is 7.10. The van der Waals surface area contributed by atoms with Crippen molar-refractivity contribution in [3.8, 4) is 0 Å². The maximum absolute atomic E-state index is 12.0. The lowest BCUT2D eigenvalue weighted by atomic mass is 10.1. The molecule has 1 N–H and O–H groups in total. The van der Waals surface area contributed by atoms with E-state index in [2.05, 4.69) is 23.9 Å². The highest BCUT2D eigenvalue weighted by molar-refractivity contribution is 5.98. The van der Waals surface area contributed by atoms with Gasteiger partial charge in [0.05, 0.1) is 13.2 Å². The van der Waals surface area contributed by atoms with Crippen LogP contribution in [0.3, 0.4) is 0 Å². The normalized spacial score (nSPS) is 11.0. The SMILES string of the molecule is CCONC(=O)c1ccc2c(c1)c(C)c(C)n2CCOC. The summed E-state index contributed by atoms with van der Waals surface area (Å²) >= 11 is 0. The molecule has 5 heteroatoms. The van der Waals surface area contributed by atoms with E-state index in [1.807, 2.05) is 25.1 Å². The summed E-state index contributed by atoms with van der Waals surface area (Å²) in [5, 5.41) is 1.09. The van der Waals surface area contributed by atoms with Gasteiger partial charge < -0.3 is 9.30 Å². The number of amides is 1. The number of methoxy groups -OCH3 is 1. The molecule has 0 bridgehead atoms. The molecule has 0 fully saturated rings. The topological polar surface area (TPSA) is 52.5 Å². The molecule has 0 saturated carbocycles. The van der Waals surface area contributed by atoms with Crippen LogP contribution in [0.5, 0.6) is 0 Å². The van der Waals surface area contributed by atoms with E-state index in [0.29, 0.717) is 18.8 Å². The first kappa shape index (κ1) is 15.5. The average Bonchev–Trinajstić information content (AvgIpc) is 2.74. The van der Waals surface area contributed by atoms with E-state index in [9.17, 15) is 4.79 Å². The maximum Gasteiger partial charge on any atom is 0.274 e. The van der Waals surface area contributed by atoms with Crippen LogP contribution in [0, 0.1) is 13.8 Å². The lowest BCUT2D eigenvalue weighted by Gasteiger charge is -2.08. The highest BCUT2D eigenvalue weighted by Gasteiger charge is 2.13. The molecule has 1 aromatic heterocycles. The van der Waals surface area contributed by atoms with E-state index in [4.69, 9.17) is 9.57 Å². The van der Waals surface area contributed by atoms with Crippen molar-refractivity contribution >= 4 is 16.8 Å². The summed E-state index contributed by atoms with van der Waals surface area (Å²) in [6.45, 7) is 7.90. The zero-order valence-corrected chi connectivity index (χ0v) is 13.0. The number of benzene rings is 1. The fraction of sp³-hybridized carbons (Fsp3) is 0.438. The number of hydrogen-bond donors (Lipinski definition) is 1. The molecule has 0 radical (unpaired) electrons. The Morgan fingerprint density at radius 3 is 2.76 bits per heavy atom. The number of hydrogen-bond acceptors (Lipinski definition) is 3. The Balaban J connectivity index is 2.39. The minimum atomic E-state index is -0.222. The highest BCUT2D eigenvalue weighted by Crippen LogP contribution is 2.26. The second-order valence-corrected chi connectivity index (χ2v) is 4.95. The van der Waals surface area contributed by atoms with Gasteiger partial charge in [-0.2, -0.15) is 0 Å². The van der Waals surface area contributed by atoms with Gasteiger partial charge in [0, 0.05) is 35.8 Å². The zero-order valence-electron chi connectivity index (χ0n) is 13.0. The monoisotopic (exact) mass is 290 g/mol. The molecule has 21 heavy (non-hydrogen) atoms. The van der Waals surface area contributed by atoms with Crippen molar-refractivity contribution < 1.29 is 14.4 Å².